The lowest BCUT2D eigenvalue weighted by Crippen LogP contribution is -2.16. The van der Waals surface area contributed by atoms with Gasteiger partial charge >= 0.3 is 5.97 Å². The Kier molecular flexibility index (Phi) is 4.96. The lowest BCUT2D eigenvalue weighted by molar-refractivity contribution is 0.0697. The average molecular weight is 296 g/mol. The summed E-state index contributed by atoms with van der Waals surface area (Å²) in [6.45, 7) is 1.61. The smallest absolute Gasteiger partial charge is 0.335 e. The zero-order valence-electron chi connectivity index (χ0n) is 10.2. The van der Waals surface area contributed by atoms with Crippen LogP contribution in [0.1, 0.15) is 20.8 Å². The second-order valence-corrected chi connectivity index (χ2v) is 5.93. The lowest BCUT2D eigenvalue weighted by atomic mass is 10.1. The number of benzene rings is 1. The Morgan fingerprint density at radius 3 is 2.53 bits per heavy atom. The number of hydrogen-bond acceptors (Lipinski definition) is 3. The number of carbonyl (C=O) groups is 1. The van der Waals surface area contributed by atoms with Crippen molar-refractivity contribution < 1.29 is 9.90 Å². The molecule has 100 valence electrons. The molecule has 19 heavy (non-hydrogen) atoms. The van der Waals surface area contributed by atoms with Gasteiger partial charge in [0, 0.05) is 18.0 Å². The van der Waals surface area contributed by atoms with Crippen LogP contribution in [0.15, 0.2) is 36.4 Å². The molecule has 1 aromatic heterocycles. The van der Waals surface area contributed by atoms with E-state index in [1.165, 1.54) is 4.88 Å². The Hall–Kier alpha value is -1.36. The van der Waals surface area contributed by atoms with Crippen LogP contribution in [-0.4, -0.2) is 17.6 Å². The Bertz CT molecular complexity index is 551. The van der Waals surface area contributed by atoms with E-state index in [4.69, 9.17) is 16.7 Å². The van der Waals surface area contributed by atoms with Crippen LogP contribution in [0.4, 0.5) is 0 Å². The first-order valence-electron chi connectivity index (χ1n) is 5.92. The number of thiophene rings is 1. The maximum absolute atomic E-state index is 10.7. The fourth-order valence-corrected chi connectivity index (χ4v) is 2.78. The quantitative estimate of drug-likeness (QED) is 0.803. The highest BCUT2D eigenvalue weighted by Crippen LogP contribution is 2.21. The standard InChI is InChI=1S/C14H14ClNO2S/c15-13-6-5-12(19-13)7-8-16-9-10-1-3-11(4-2-10)14(17)18/h1-6,16H,7-9H2,(H,17,18). The van der Waals surface area contributed by atoms with Gasteiger partial charge in [-0.05, 0) is 36.2 Å². The summed E-state index contributed by atoms with van der Waals surface area (Å²) in [5, 5.41) is 12.1. The Labute approximate surface area is 120 Å². The number of carboxylic acids is 1. The minimum Gasteiger partial charge on any atom is -0.478 e. The summed E-state index contributed by atoms with van der Waals surface area (Å²) in [7, 11) is 0. The molecule has 0 amide bonds. The SMILES string of the molecule is O=C(O)c1ccc(CNCCc2ccc(Cl)s2)cc1. The first kappa shape index (κ1) is 14.1. The zero-order valence-corrected chi connectivity index (χ0v) is 11.8. The molecule has 0 aliphatic carbocycles. The molecule has 3 nitrogen and oxygen atoms in total. The molecule has 2 aromatic rings. The van der Waals surface area contributed by atoms with Gasteiger partial charge in [-0.3, -0.25) is 0 Å². The maximum Gasteiger partial charge on any atom is 0.335 e. The minimum atomic E-state index is -0.894. The predicted molar refractivity (Wildman–Crippen MR) is 78.1 cm³/mol. The van der Waals surface area contributed by atoms with E-state index >= 15 is 0 Å². The third-order valence-corrected chi connectivity index (χ3v) is 4.00. The van der Waals surface area contributed by atoms with Gasteiger partial charge in [-0.15, -0.1) is 11.3 Å². The van der Waals surface area contributed by atoms with Crippen LogP contribution in [0, 0.1) is 0 Å². The van der Waals surface area contributed by atoms with Crippen molar-refractivity contribution in [2.45, 2.75) is 13.0 Å². The summed E-state index contributed by atoms with van der Waals surface area (Å²) in [5.74, 6) is -0.894. The first-order chi connectivity index (χ1) is 9.15. The number of halogens is 1. The normalized spacial score (nSPS) is 10.6. The molecule has 0 saturated carbocycles. The Morgan fingerprint density at radius 1 is 1.21 bits per heavy atom. The third kappa shape index (κ3) is 4.35. The van der Waals surface area contributed by atoms with Crippen molar-refractivity contribution in [3.8, 4) is 0 Å². The summed E-state index contributed by atoms with van der Waals surface area (Å²) < 4.78 is 0.819. The van der Waals surface area contributed by atoms with Gasteiger partial charge in [0.15, 0.2) is 0 Å². The fraction of sp³-hybridized carbons (Fsp3) is 0.214. The summed E-state index contributed by atoms with van der Waals surface area (Å²) in [4.78, 5) is 12.0. The Balaban J connectivity index is 1.75. The predicted octanol–water partition coefficient (Wildman–Crippen LogP) is 3.43. The van der Waals surface area contributed by atoms with Crippen LogP contribution in [0.5, 0.6) is 0 Å². The second-order valence-electron chi connectivity index (χ2n) is 4.13. The van der Waals surface area contributed by atoms with E-state index in [1.807, 2.05) is 24.3 Å². The van der Waals surface area contributed by atoms with E-state index < -0.39 is 5.97 Å². The van der Waals surface area contributed by atoms with Crippen molar-refractivity contribution in [1.82, 2.24) is 5.32 Å². The molecule has 0 aliphatic heterocycles. The molecule has 0 spiro atoms. The third-order valence-electron chi connectivity index (χ3n) is 2.71. The van der Waals surface area contributed by atoms with E-state index in [1.54, 1.807) is 23.5 Å². The molecule has 0 unspecified atom stereocenters. The van der Waals surface area contributed by atoms with E-state index in [9.17, 15) is 4.79 Å². The van der Waals surface area contributed by atoms with Crippen LogP contribution in [-0.2, 0) is 13.0 Å². The molecule has 1 aromatic carbocycles. The second kappa shape index (κ2) is 6.70. The van der Waals surface area contributed by atoms with E-state index in [0.29, 0.717) is 5.56 Å². The van der Waals surface area contributed by atoms with Crippen molar-refractivity contribution in [1.29, 1.82) is 0 Å². The maximum atomic E-state index is 10.7. The molecule has 0 bridgehead atoms. The van der Waals surface area contributed by atoms with Gasteiger partial charge in [-0.1, -0.05) is 23.7 Å². The topological polar surface area (TPSA) is 49.3 Å². The molecule has 0 aliphatic rings. The average Bonchev–Trinajstić information content (AvgIpc) is 2.81. The highest BCUT2D eigenvalue weighted by molar-refractivity contribution is 7.16. The number of aromatic carboxylic acids is 1. The highest BCUT2D eigenvalue weighted by Gasteiger charge is 2.01. The van der Waals surface area contributed by atoms with Gasteiger partial charge in [0.05, 0.1) is 9.90 Å². The number of carboxylic acid groups (broad SMARTS) is 1. The van der Waals surface area contributed by atoms with Crippen molar-refractivity contribution in [2.24, 2.45) is 0 Å². The number of rotatable bonds is 6. The van der Waals surface area contributed by atoms with Gasteiger partial charge in [0.2, 0.25) is 0 Å². The number of hydrogen-bond donors (Lipinski definition) is 2. The van der Waals surface area contributed by atoms with Gasteiger partial charge in [-0.2, -0.15) is 0 Å². The number of nitrogens with one attached hydrogen (secondary N) is 1. The zero-order chi connectivity index (χ0) is 13.7. The van der Waals surface area contributed by atoms with Crippen LogP contribution in [0.25, 0.3) is 0 Å². The molecular formula is C14H14ClNO2S. The molecule has 0 fully saturated rings. The molecule has 2 rings (SSSR count). The highest BCUT2D eigenvalue weighted by atomic mass is 35.5. The monoisotopic (exact) mass is 295 g/mol. The molecule has 0 radical (unpaired) electrons. The minimum absolute atomic E-state index is 0.317. The largest absolute Gasteiger partial charge is 0.478 e. The van der Waals surface area contributed by atoms with Gasteiger partial charge in [0.25, 0.3) is 0 Å². The van der Waals surface area contributed by atoms with Crippen LogP contribution < -0.4 is 5.32 Å². The summed E-state index contributed by atoms with van der Waals surface area (Å²) in [6, 6.07) is 10.9. The van der Waals surface area contributed by atoms with Crippen LogP contribution in [0.2, 0.25) is 4.34 Å². The van der Waals surface area contributed by atoms with Gasteiger partial charge < -0.3 is 10.4 Å². The molecule has 1 heterocycles. The van der Waals surface area contributed by atoms with E-state index in [2.05, 4.69) is 5.32 Å². The molecular weight excluding hydrogens is 282 g/mol. The van der Waals surface area contributed by atoms with Crippen molar-refractivity contribution in [3.63, 3.8) is 0 Å². The van der Waals surface area contributed by atoms with E-state index in [0.717, 1.165) is 29.4 Å². The molecule has 0 saturated heterocycles. The summed E-state index contributed by atoms with van der Waals surface area (Å²) in [6.07, 6.45) is 0.949. The van der Waals surface area contributed by atoms with Gasteiger partial charge in [-0.25, -0.2) is 4.79 Å². The van der Waals surface area contributed by atoms with Crippen molar-refractivity contribution >= 4 is 28.9 Å². The Morgan fingerprint density at radius 2 is 1.95 bits per heavy atom. The first-order valence-corrected chi connectivity index (χ1v) is 7.12. The van der Waals surface area contributed by atoms with Crippen LogP contribution in [0.3, 0.4) is 0 Å². The van der Waals surface area contributed by atoms with Crippen LogP contribution >= 0.6 is 22.9 Å². The lowest BCUT2D eigenvalue weighted by Gasteiger charge is -2.04. The molecule has 0 atom stereocenters. The summed E-state index contributed by atoms with van der Waals surface area (Å²) in [5.41, 5.74) is 1.39. The van der Waals surface area contributed by atoms with Gasteiger partial charge in [0.1, 0.15) is 0 Å². The van der Waals surface area contributed by atoms with Crippen molar-refractivity contribution in [3.05, 3.63) is 56.7 Å². The van der Waals surface area contributed by atoms with Crippen molar-refractivity contribution in [2.75, 3.05) is 6.54 Å². The fourth-order valence-electron chi connectivity index (χ4n) is 1.70. The summed E-state index contributed by atoms with van der Waals surface area (Å²) >= 11 is 7.46. The molecule has 2 N–H and O–H groups in total. The molecule has 5 heteroatoms. The van der Waals surface area contributed by atoms with E-state index in [-0.39, 0.29) is 0 Å².